The molecule has 0 heterocycles. The quantitative estimate of drug-likeness (QED) is 0.199. The van der Waals surface area contributed by atoms with Crippen LogP contribution in [-0.2, 0) is 4.74 Å². The molecule has 17 heavy (non-hydrogen) atoms. The lowest BCUT2D eigenvalue weighted by Crippen LogP contribution is -2.43. The van der Waals surface area contributed by atoms with Gasteiger partial charge in [-0.05, 0) is 19.9 Å². The molecule has 5 nitrogen and oxygen atoms in total. The summed E-state index contributed by atoms with van der Waals surface area (Å²) in [6.07, 6.45) is -3.92. The van der Waals surface area contributed by atoms with E-state index in [9.17, 15) is 13.2 Å². The van der Waals surface area contributed by atoms with Crippen LogP contribution in [0, 0.1) is 5.92 Å². The zero-order valence-electron chi connectivity index (χ0n) is 9.63. The fourth-order valence-electron chi connectivity index (χ4n) is 1.15. The smallest absolute Gasteiger partial charge is 0.400 e. The molecule has 0 aliphatic carbocycles. The molecule has 4 N–H and O–H groups in total. The number of amidine groups is 1. The number of nitrogens with two attached hydrogens (primary N) is 1. The molecule has 0 saturated heterocycles. The zero-order chi connectivity index (χ0) is 13.3. The van der Waals surface area contributed by atoms with Gasteiger partial charge in [-0.1, -0.05) is 5.16 Å². The summed E-state index contributed by atoms with van der Waals surface area (Å²) in [6.45, 7) is 2.88. The molecular weight excluding hydrogens is 239 g/mol. The number of oxime groups is 1. The molecule has 0 aliphatic heterocycles. The number of nitrogens with one attached hydrogen (secondary N) is 1. The number of hydrogen-bond acceptors (Lipinski definition) is 4. The highest BCUT2D eigenvalue weighted by Crippen LogP contribution is 2.25. The van der Waals surface area contributed by atoms with Crippen molar-refractivity contribution in [3.8, 4) is 0 Å². The second kappa shape index (κ2) is 8.13. The lowest BCUT2D eigenvalue weighted by Gasteiger charge is -2.19. The molecule has 0 aromatic heterocycles. The van der Waals surface area contributed by atoms with Crippen LogP contribution in [0.4, 0.5) is 13.2 Å². The first-order chi connectivity index (χ1) is 7.93. The molecule has 1 unspecified atom stereocenters. The minimum atomic E-state index is -4.52. The van der Waals surface area contributed by atoms with Crippen molar-refractivity contribution < 1.29 is 23.1 Å². The van der Waals surface area contributed by atoms with E-state index in [1.807, 2.05) is 6.92 Å². The maximum Gasteiger partial charge on any atom is 0.400 e. The maximum atomic E-state index is 12.5. The molecule has 102 valence electrons. The van der Waals surface area contributed by atoms with Crippen molar-refractivity contribution in [2.45, 2.75) is 19.5 Å². The third-order valence-corrected chi connectivity index (χ3v) is 2.06. The van der Waals surface area contributed by atoms with Crippen molar-refractivity contribution >= 4 is 5.84 Å². The Bertz CT molecular complexity index is 234. The Morgan fingerprint density at radius 1 is 1.53 bits per heavy atom. The standard InChI is InChI=1S/C9H18F3N3O2/c1-2-17-5-3-4-14-6-7(8(13)15-16)9(10,11)12/h7,14,16H,2-6H2,1H3,(H2,13,15). The van der Waals surface area contributed by atoms with Crippen molar-refractivity contribution in [3.05, 3.63) is 0 Å². The van der Waals surface area contributed by atoms with Crippen LogP contribution in [0.15, 0.2) is 5.16 Å². The predicted molar refractivity (Wildman–Crippen MR) is 56.9 cm³/mol. The number of nitrogens with zero attached hydrogens (tertiary/aromatic N) is 1. The summed E-state index contributed by atoms with van der Waals surface area (Å²) in [4.78, 5) is 0. The number of rotatable bonds is 8. The van der Waals surface area contributed by atoms with E-state index in [1.165, 1.54) is 0 Å². The van der Waals surface area contributed by atoms with Gasteiger partial charge < -0.3 is 21.0 Å². The molecule has 0 bridgehead atoms. The van der Waals surface area contributed by atoms with Crippen LogP contribution >= 0.6 is 0 Å². The van der Waals surface area contributed by atoms with Gasteiger partial charge in [0.1, 0.15) is 5.92 Å². The molecule has 0 amide bonds. The summed E-state index contributed by atoms with van der Waals surface area (Å²) in [7, 11) is 0. The average Bonchev–Trinajstić information content (AvgIpc) is 2.25. The summed E-state index contributed by atoms with van der Waals surface area (Å²) >= 11 is 0. The summed E-state index contributed by atoms with van der Waals surface area (Å²) in [6, 6.07) is 0. The van der Waals surface area contributed by atoms with Crippen LogP contribution in [0.25, 0.3) is 0 Å². The summed E-state index contributed by atoms with van der Waals surface area (Å²) in [5, 5.41) is 13.2. The Kier molecular flexibility index (Phi) is 7.64. The highest BCUT2D eigenvalue weighted by Gasteiger charge is 2.42. The molecule has 0 aromatic carbocycles. The number of alkyl halides is 3. The Morgan fingerprint density at radius 3 is 2.65 bits per heavy atom. The lowest BCUT2D eigenvalue weighted by atomic mass is 10.1. The van der Waals surface area contributed by atoms with E-state index in [1.54, 1.807) is 0 Å². The summed E-state index contributed by atoms with van der Waals surface area (Å²) in [5.41, 5.74) is 4.98. The number of hydrogen-bond donors (Lipinski definition) is 3. The predicted octanol–water partition coefficient (Wildman–Crippen LogP) is 0.928. The van der Waals surface area contributed by atoms with Crippen LogP contribution in [0.2, 0.25) is 0 Å². The van der Waals surface area contributed by atoms with Gasteiger partial charge in [0.05, 0.1) is 0 Å². The van der Waals surface area contributed by atoms with Gasteiger partial charge in [0.25, 0.3) is 0 Å². The van der Waals surface area contributed by atoms with Gasteiger partial charge in [0, 0.05) is 19.8 Å². The third kappa shape index (κ3) is 7.01. The van der Waals surface area contributed by atoms with Crippen molar-refractivity contribution in [1.82, 2.24) is 5.32 Å². The fraction of sp³-hybridized carbons (Fsp3) is 0.889. The van der Waals surface area contributed by atoms with Crippen LogP contribution < -0.4 is 11.1 Å². The van der Waals surface area contributed by atoms with Crippen LogP contribution in [0.5, 0.6) is 0 Å². The molecule has 0 fully saturated rings. The molecule has 0 aromatic rings. The van der Waals surface area contributed by atoms with Gasteiger partial charge in [-0.25, -0.2) is 0 Å². The van der Waals surface area contributed by atoms with Crippen molar-refractivity contribution in [2.75, 3.05) is 26.3 Å². The van der Waals surface area contributed by atoms with E-state index in [0.717, 1.165) is 0 Å². The molecule has 1 atom stereocenters. The lowest BCUT2D eigenvalue weighted by molar-refractivity contribution is -0.154. The molecule has 8 heteroatoms. The largest absolute Gasteiger partial charge is 0.409 e. The van der Waals surface area contributed by atoms with E-state index in [4.69, 9.17) is 15.7 Å². The molecule has 0 aliphatic rings. The summed E-state index contributed by atoms with van der Waals surface area (Å²) in [5.74, 6) is -2.81. The van der Waals surface area contributed by atoms with Crippen LogP contribution in [0.1, 0.15) is 13.3 Å². The van der Waals surface area contributed by atoms with Crippen LogP contribution in [0.3, 0.4) is 0 Å². The second-order valence-electron chi connectivity index (χ2n) is 3.37. The first kappa shape index (κ1) is 16.0. The first-order valence-electron chi connectivity index (χ1n) is 5.26. The topological polar surface area (TPSA) is 79.9 Å². The van der Waals surface area contributed by atoms with Crippen molar-refractivity contribution in [3.63, 3.8) is 0 Å². The zero-order valence-corrected chi connectivity index (χ0v) is 9.63. The van der Waals surface area contributed by atoms with Gasteiger partial charge in [-0.15, -0.1) is 0 Å². The van der Waals surface area contributed by atoms with E-state index in [-0.39, 0.29) is 0 Å². The minimum absolute atomic E-state index is 0.380. The van der Waals surface area contributed by atoms with Gasteiger partial charge in [0.15, 0.2) is 5.84 Å². The van der Waals surface area contributed by atoms with Gasteiger partial charge in [-0.3, -0.25) is 0 Å². The molecule has 0 spiro atoms. The third-order valence-electron chi connectivity index (χ3n) is 2.06. The highest BCUT2D eigenvalue weighted by molar-refractivity contribution is 5.83. The second-order valence-corrected chi connectivity index (χ2v) is 3.37. The normalized spacial score (nSPS) is 14.9. The molecular formula is C9H18F3N3O2. The van der Waals surface area contributed by atoms with E-state index in [2.05, 4.69) is 10.5 Å². The minimum Gasteiger partial charge on any atom is -0.409 e. The van der Waals surface area contributed by atoms with Gasteiger partial charge in [-0.2, -0.15) is 13.2 Å². The van der Waals surface area contributed by atoms with Crippen molar-refractivity contribution in [1.29, 1.82) is 0 Å². The maximum absolute atomic E-state index is 12.5. The van der Waals surface area contributed by atoms with Crippen molar-refractivity contribution in [2.24, 2.45) is 16.8 Å². The Labute approximate surface area is 97.8 Å². The molecule has 0 radical (unpaired) electrons. The Hall–Kier alpha value is -1.02. The Morgan fingerprint density at radius 2 is 2.18 bits per heavy atom. The fourth-order valence-corrected chi connectivity index (χ4v) is 1.15. The van der Waals surface area contributed by atoms with Gasteiger partial charge >= 0.3 is 6.18 Å². The highest BCUT2D eigenvalue weighted by atomic mass is 19.4. The Balaban J connectivity index is 3.95. The average molecular weight is 257 g/mol. The summed E-state index contributed by atoms with van der Waals surface area (Å²) < 4.78 is 42.4. The monoisotopic (exact) mass is 257 g/mol. The van der Waals surface area contributed by atoms with E-state index < -0.39 is 24.5 Å². The first-order valence-corrected chi connectivity index (χ1v) is 5.26. The SMILES string of the molecule is CCOCCCNCC(C(N)=NO)C(F)(F)F. The molecule has 0 rings (SSSR count). The van der Waals surface area contributed by atoms with Crippen LogP contribution in [-0.4, -0.2) is 43.5 Å². The molecule has 0 saturated carbocycles. The van der Waals surface area contributed by atoms with E-state index >= 15 is 0 Å². The number of ether oxygens (including phenoxy) is 1. The van der Waals surface area contributed by atoms with Gasteiger partial charge in [0.2, 0.25) is 0 Å². The van der Waals surface area contributed by atoms with E-state index in [0.29, 0.717) is 26.2 Å². The number of halogens is 3.